The van der Waals surface area contributed by atoms with E-state index in [4.69, 9.17) is 4.42 Å². The fraction of sp³-hybridized carbons (Fsp3) is 0.444. The van der Waals surface area contributed by atoms with Crippen molar-refractivity contribution in [1.82, 2.24) is 10.2 Å². The fourth-order valence-electron chi connectivity index (χ4n) is 1.35. The highest BCUT2D eigenvalue weighted by Gasteiger charge is 2.13. The molecule has 2 aromatic rings. The molecule has 0 amide bonds. The third kappa shape index (κ3) is 0.858. The smallest absolute Gasteiger partial charge is 0.174 e. The van der Waals surface area contributed by atoms with Crippen molar-refractivity contribution < 1.29 is 4.42 Å². The maximum Gasteiger partial charge on any atom is 0.174 e. The van der Waals surface area contributed by atoms with Crippen LogP contribution in [-0.4, -0.2) is 10.2 Å². The maximum atomic E-state index is 5.39. The van der Waals surface area contributed by atoms with Gasteiger partial charge in [0.15, 0.2) is 5.58 Å². The topological polar surface area (TPSA) is 41.8 Å². The number of hydrogen-bond acceptors (Lipinski definition) is 2. The van der Waals surface area contributed by atoms with Gasteiger partial charge < -0.3 is 4.42 Å². The van der Waals surface area contributed by atoms with E-state index < -0.39 is 0 Å². The number of hydrogen-bond donors (Lipinski definition) is 1. The van der Waals surface area contributed by atoms with E-state index in [0.29, 0.717) is 5.92 Å². The first kappa shape index (κ1) is 7.40. The molecule has 12 heavy (non-hydrogen) atoms. The van der Waals surface area contributed by atoms with Gasteiger partial charge in [0.25, 0.3) is 0 Å². The van der Waals surface area contributed by atoms with Gasteiger partial charge in [-0.2, -0.15) is 5.10 Å². The SMILES string of the molecule is Cc1[nH]nc2c(C(C)C)coc12. The molecule has 0 aliphatic rings. The Hall–Kier alpha value is -1.25. The van der Waals surface area contributed by atoms with Crippen LogP contribution in [0, 0.1) is 6.92 Å². The summed E-state index contributed by atoms with van der Waals surface area (Å²) in [4.78, 5) is 0. The lowest BCUT2D eigenvalue weighted by Crippen LogP contribution is -1.83. The Labute approximate surface area is 70.8 Å². The van der Waals surface area contributed by atoms with Crippen molar-refractivity contribution in [3.8, 4) is 0 Å². The molecule has 2 rings (SSSR count). The molecule has 0 spiro atoms. The van der Waals surface area contributed by atoms with E-state index in [9.17, 15) is 0 Å². The minimum absolute atomic E-state index is 0.467. The van der Waals surface area contributed by atoms with Gasteiger partial charge >= 0.3 is 0 Å². The fourth-order valence-corrected chi connectivity index (χ4v) is 1.35. The second-order valence-corrected chi connectivity index (χ2v) is 3.37. The van der Waals surface area contributed by atoms with E-state index in [0.717, 1.165) is 16.8 Å². The van der Waals surface area contributed by atoms with E-state index in [-0.39, 0.29) is 0 Å². The zero-order valence-electron chi connectivity index (χ0n) is 7.51. The maximum absolute atomic E-state index is 5.39. The van der Waals surface area contributed by atoms with E-state index in [2.05, 4.69) is 24.0 Å². The van der Waals surface area contributed by atoms with Crippen LogP contribution in [0.3, 0.4) is 0 Å². The van der Waals surface area contributed by atoms with Crippen molar-refractivity contribution in [3.05, 3.63) is 17.5 Å². The van der Waals surface area contributed by atoms with E-state index in [1.54, 1.807) is 6.26 Å². The number of nitrogens with one attached hydrogen (secondary N) is 1. The Morgan fingerprint density at radius 3 is 2.92 bits per heavy atom. The number of aryl methyl sites for hydroxylation is 1. The summed E-state index contributed by atoms with van der Waals surface area (Å²) in [5, 5.41) is 7.09. The summed E-state index contributed by atoms with van der Waals surface area (Å²) in [5.41, 5.74) is 4.03. The van der Waals surface area contributed by atoms with Crippen LogP contribution in [0.1, 0.15) is 31.0 Å². The van der Waals surface area contributed by atoms with Gasteiger partial charge in [-0.1, -0.05) is 13.8 Å². The van der Waals surface area contributed by atoms with E-state index in [1.165, 1.54) is 5.56 Å². The minimum Gasteiger partial charge on any atom is -0.460 e. The van der Waals surface area contributed by atoms with Crippen molar-refractivity contribution >= 4 is 11.1 Å². The lowest BCUT2D eigenvalue weighted by molar-refractivity contribution is 0.603. The number of aromatic nitrogens is 2. The number of nitrogens with zero attached hydrogens (tertiary/aromatic N) is 1. The third-order valence-electron chi connectivity index (χ3n) is 2.09. The summed E-state index contributed by atoms with van der Waals surface area (Å²) < 4.78 is 5.39. The van der Waals surface area contributed by atoms with Crippen molar-refractivity contribution in [2.75, 3.05) is 0 Å². The number of aromatic amines is 1. The third-order valence-corrected chi connectivity index (χ3v) is 2.09. The largest absolute Gasteiger partial charge is 0.460 e. The molecule has 0 fully saturated rings. The molecule has 3 nitrogen and oxygen atoms in total. The van der Waals surface area contributed by atoms with Crippen LogP contribution in [0.25, 0.3) is 11.1 Å². The molecule has 0 saturated carbocycles. The van der Waals surface area contributed by atoms with Crippen molar-refractivity contribution in [2.24, 2.45) is 0 Å². The average molecular weight is 164 g/mol. The van der Waals surface area contributed by atoms with Crippen LogP contribution in [0.2, 0.25) is 0 Å². The molecule has 0 bridgehead atoms. The van der Waals surface area contributed by atoms with Gasteiger partial charge in [0.05, 0.1) is 12.0 Å². The molecule has 0 aromatic carbocycles. The van der Waals surface area contributed by atoms with Gasteiger partial charge in [-0.3, -0.25) is 5.10 Å². The van der Waals surface area contributed by atoms with Crippen LogP contribution in [0.4, 0.5) is 0 Å². The summed E-state index contributed by atoms with van der Waals surface area (Å²) >= 11 is 0. The first-order valence-corrected chi connectivity index (χ1v) is 4.12. The van der Waals surface area contributed by atoms with Gasteiger partial charge in [0, 0.05) is 5.56 Å². The van der Waals surface area contributed by atoms with Gasteiger partial charge in [-0.25, -0.2) is 0 Å². The Balaban J connectivity index is 2.71. The predicted octanol–water partition coefficient (Wildman–Crippen LogP) is 2.59. The second kappa shape index (κ2) is 2.37. The zero-order chi connectivity index (χ0) is 8.72. The van der Waals surface area contributed by atoms with Gasteiger partial charge in [-0.05, 0) is 12.8 Å². The Morgan fingerprint density at radius 1 is 1.50 bits per heavy atom. The summed E-state index contributed by atoms with van der Waals surface area (Å²) in [7, 11) is 0. The molecule has 2 aromatic heterocycles. The second-order valence-electron chi connectivity index (χ2n) is 3.37. The van der Waals surface area contributed by atoms with Crippen LogP contribution in [0.5, 0.6) is 0 Å². The molecular formula is C9H12N2O. The molecule has 2 heterocycles. The van der Waals surface area contributed by atoms with Gasteiger partial charge in [0.2, 0.25) is 0 Å². The van der Waals surface area contributed by atoms with E-state index >= 15 is 0 Å². The van der Waals surface area contributed by atoms with Gasteiger partial charge in [-0.15, -0.1) is 0 Å². The molecule has 0 atom stereocenters. The highest BCUT2D eigenvalue weighted by Crippen LogP contribution is 2.26. The summed E-state index contributed by atoms with van der Waals surface area (Å²) in [6.45, 7) is 6.23. The summed E-state index contributed by atoms with van der Waals surface area (Å²) in [5.74, 6) is 0.467. The highest BCUT2D eigenvalue weighted by molar-refractivity contribution is 5.79. The number of fused-ring (bicyclic) bond motifs is 1. The normalized spacial score (nSPS) is 11.7. The lowest BCUT2D eigenvalue weighted by atomic mass is 10.1. The van der Waals surface area contributed by atoms with E-state index in [1.807, 2.05) is 6.92 Å². The first-order valence-electron chi connectivity index (χ1n) is 4.12. The molecule has 64 valence electrons. The molecule has 0 radical (unpaired) electrons. The summed E-state index contributed by atoms with van der Waals surface area (Å²) in [6, 6.07) is 0. The standard InChI is InChI=1S/C9H12N2O/c1-5(2)7-4-12-9-6(3)10-11-8(7)9/h4-5H,1-3H3,(H,10,11). The monoisotopic (exact) mass is 164 g/mol. The Bertz CT molecular complexity index is 397. The van der Waals surface area contributed by atoms with Crippen LogP contribution in [0.15, 0.2) is 10.7 Å². The Morgan fingerprint density at radius 2 is 2.25 bits per heavy atom. The van der Waals surface area contributed by atoms with Crippen molar-refractivity contribution in [3.63, 3.8) is 0 Å². The highest BCUT2D eigenvalue weighted by atomic mass is 16.3. The van der Waals surface area contributed by atoms with Gasteiger partial charge in [0.1, 0.15) is 5.52 Å². The zero-order valence-corrected chi connectivity index (χ0v) is 7.51. The molecule has 0 saturated heterocycles. The minimum atomic E-state index is 0.467. The molecular weight excluding hydrogens is 152 g/mol. The quantitative estimate of drug-likeness (QED) is 0.703. The average Bonchev–Trinajstić information content (AvgIpc) is 2.53. The number of H-pyrrole nitrogens is 1. The molecule has 0 unspecified atom stereocenters. The summed E-state index contributed by atoms with van der Waals surface area (Å²) in [6.07, 6.45) is 1.79. The number of rotatable bonds is 1. The first-order chi connectivity index (χ1) is 5.70. The lowest BCUT2D eigenvalue weighted by Gasteiger charge is -1.96. The molecule has 1 N–H and O–H groups in total. The van der Waals surface area contributed by atoms with Crippen molar-refractivity contribution in [2.45, 2.75) is 26.7 Å². The molecule has 0 aliphatic heterocycles. The molecule has 0 aliphatic carbocycles. The van der Waals surface area contributed by atoms with Crippen LogP contribution >= 0.6 is 0 Å². The Kier molecular flexibility index (Phi) is 1.46. The van der Waals surface area contributed by atoms with Crippen molar-refractivity contribution in [1.29, 1.82) is 0 Å². The predicted molar refractivity (Wildman–Crippen MR) is 47.2 cm³/mol. The van der Waals surface area contributed by atoms with Crippen LogP contribution < -0.4 is 0 Å². The number of furan rings is 1. The van der Waals surface area contributed by atoms with Crippen LogP contribution in [-0.2, 0) is 0 Å². The molecule has 3 heteroatoms.